The molecule has 0 saturated carbocycles. The lowest BCUT2D eigenvalue weighted by Crippen LogP contribution is -2.45. The van der Waals surface area contributed by atoms with Gasteiger partial charge in [-0.05, 0) is 31.0 Å². The van der Waals surface area contributed by atoms with Crippen molar-refractivity contribution >= 4 is 5.91 Å². The third-order valence-electron chi connectivity index (χ3n) is 4.94. The van der Waals surface area contributed by atoms with Crippen LogP contribution in [0.3, 0.4) is 0 Å². The van der Waals surface area contributed by atoms with Crippen molar-refractivity contribution in [1.82, 2.24) is 15.1 Å². The van der Waals surface area contributed by atoms with Gasteiger partial charge in [-0.15, -0.1) is 6.58 Å². The molecule has 1 aliphatic heterocycles. The highest BCUT2D eigenvalue weighted by Gasteiger charge is 2.17. The molecule has 0 radical (unpaired) electrons. The van der Waals surface area contributed by atoms with E-state index in [4.69, 9.17) is 4.74 Å². The van der Waals surface area contributed by atoms with Crippen LogP contribution in [0.4, 0.5) is 0 Å². The summed E-state index contributed by atoms with van der Waals surface area (Å²) in [5.74, 6) is -0.0691. The molecule has 26 heavy (non-hydrogen) atoms. The molecule has 5 heteroatoms. The monoisotopic (exact) mass is 359 g/mol. The van der Waals surface area contributed by atoms with E-state index in [1.165, 1.54) is 11.1 Å². The molecule has 1 aromatic rings. The van der Waals surface area contributed by atoms with Crippen LogP contribution in [0.1, 0.15) is 31.4 Å². The molecule has 1 heterocycles. The number of rotatable bonds is 10. The Hall–Kier alpha value is -1.69. The van der Waals surface area contributed by atoms with Crippen LogP contribution in [-0.2, 0) is 22.6 Å². The zero-order valence-electron chi connectivity index (χ0n) is 16.2. The Morgan fingerprint density at radius 1 is 1.23 bits per heavy atom. The molecule has 0 aliphatic carbocycles. The fraction of sp³-hybridized carbons (Fsp3) is 0.571. The number of benzene rings is 1. The van der Waals surface area contributed by atoms with Gasteiger partial charge in [0.15, 0.2) is 0 Å². The summed E-state index contributed by atoms with van der Waals surface area (Å²) in [4.78, 5) is 17.2. The van der Waals surface area contributed by atoms with Crippen molar-refractivity contribution in [3.63, 3.8) is 0 Å². The van der Waals surface area contributed by atoms with Crippen molar-refractivity contribution < 1.29 is 9.53 Å². The van der Waals surface area contributed by atoms with Gasteiger partial charge in [0.2, 0.25) is 5.91 Å². The predicted molar refractivity (Wildman–Crippen MR) is 106 cm³/mol. The van der Waals surface area contributed by atoms with Crippen molar-refractivity contribution in [3.8, 4) is 0 Å². The normalized spacial score (nSPS) is 17.0. The van der Waals surface area contributed by atoms with Gasteiger partial charge in [-0.25, -0.2) is 0 Å². The van der Waals surface area contributed by atoms with E-state index in [0.29, 0.717) is 13.2 Å². The number of hydrogen-bond acceptors (Lipinski definition) is 4. The number of ether oxygens (including phenoxy) is 1. The molecule has 1 fully saturated rings. The minimum atomic E-state index is -0.441. The van der Waals surface area contributed by atoms with E-state index < -0.39 is 6.10 Å². The molecule has 1 saturated heterocycles. The lowest BCUT2D eigenvalue weighted by molar-refractivity contribution is -0.131. The Labute approximate surface area is 158 Å². The molecular formula is C21H33N3O2. The highest BCUT2D eigenvalue weighted by molar-refractivity contribution is 5.80. The standard InChI is InChI=1S/C21H33N3O2/c1-4-6-15-26-18(3)21(25)22-16-19-9-7-8-10-20(19)17-24-13-11-23(5-2)12-14-24/h4,7-10,18H,1,5-6,11-17H2,2-3H3,(H,22,25). The number of hydrogen-bond donors (Lipinski definition) is 1. The molecule has 1 aromatic carbocycles. The number of amides is 1. The van der Waals surface area contributed by atoms with Gasteiger partial charge < -0.3 is 15.0 Å². The zero-order valence-corrected chi connectivity index (χ0v) is 16.2. The van der Waals surface area contributed by atoms with Crippen LogP contribution in [0, 0.1) is 0 Å². The zero-order chi connectivity index (χ0) is 18.8. The number of likely N-dealkylation sites (N-methyl/N-ethyl adjacent to an activating group) is 1. The fourth-order valence-electron chi connectivity index (χ4n) is 3.12. The highest BCUT2D eigenvalue weighted by atomic mass is 16.5. The Bertz CT molecular complexity index is 568. The number of carbonyl (C=O) groups is 1. The Kier molecular flexibility index (Phi) is 8.81. The average Bonchev–Trinajstić information content (AvgIpc) is 2.67. The summed E-state index contributed by atoms with van der Waals surface area (Å²) in [7, 11) is 0. The summed E-state index contributed by atoms with van der Waals surface area (Å²) in [6.07, 6.45) is 2.11. The second-order valence-electron chi connectivity index (χ2n) is 6.79. The van der Waals surface area contributed by atoms with E-state index >= 15 is 0 Å². The summed E-state index contributed by atoms with van der Waals surface area (Å²) < 4.78 is 5.51. The van der Waals surface area contributed by atoms with E-state index in [2.05, 4.69) is 46.8 Å². The first kappa shape index (κ1) is 20.6. The molecule has 5 nitrogen and oxygen atoms in total. The van der Waals surface area contributed by atoms with E-state index in [1.54, 1.807) is 13.0 Å². The Morgan fingerprint density at radius 2 is 1.88 bits per heavy atom. The van der Waals surface area contributed by atoms with Crippen LogP contribution >= 0.6 is 0 Å². The number of carbonyl (C=O) groups excluding carboxylic acids is 1. The van der Waals surface area contributed by atoms with E-state index in [0.717, 1.165) is 45.7 Å². The molecule has 144 valence electrons. The molecular weight excluding hydrogens is 326 g/mol. The van der Waals surface area contributed by atoms with Gasteiger partial charge in [0.05, 0.1) is 6.61 Å². The summed E-state index contributed by atoms with van der Waals surface area (Å²) in [5, 5.41) is 3.00. The van der Waals surface area contributed by atoms with Crippen molar-refractivity contribution in [2.45, 2.75) is 39.5 Å². The van der Waals surface area contributed by atoms with Crippen molar-refractivity contribution in [2.75, 3.05) is 39.3 Å². The SMILES string of the molecule is C=CCCOC(C)C(=O)NCc1ccccc1CN1CCN(CC)CC1. The van der Waals surface area contributed by atoms with Gasteiger partial charge in [0.25, 0.3) is 0 Å². The molecule has 1 aliphatic rings. The van der Waals surface area contributed by atoms with Gasteiger partial charge in [-0.2, -0.15) is 0 Å². The molecule has 2 rings (SSSR count). The summed E-state index contributed by atoms with van der Waals surface area (Å²) in [5.41, 5.74) is 2.47. The van der Waals surface area contributed by atoms with Crippen LogP contribution < -0.4 is 5.32 Å². The molecule has 0 spiro atoms. The first-order valence-electron chi connectivity index (χ1n) is 9.65. The Balaban J connectivity index is 1.84. The van der Waals surface area contributed by atoms with Crippen LogP contribution in [-0.4, -0.2) is 61.1 Å². The van der Waals surface area contributed by atoms with Crippen molar-refractivity contribution in [2.24, 2.45) is 0 Å². The summed E-state index contributed by atoms with van der Waals surface area (Å²) in [6.45, 7) is 15.3. The van der Waals surface area contributed by atoms with Gasteiger partial charge in [-0.1, -0.05) is 37.3 Å². The maximum atomic E-state index is 12.2. The molecule has 1 unspecified atom stereocenters. The molecule has 1 amide bonds. The fourth-order valence-corrected chi connectivity index (χ4v) is 3.12. The van der Waals surface area contributed by atoms with Crippen LogP contribution in [0.2, 0.25) is 0 Å². The van der Waals surface area contributed by atoms with E-state index in [9.17, 15) is 4.79 Å². The first-order chi connectivity index (χ1) is 12.6. The topological polar surface area (TPSA) is 44.8 Å². The number of piperazine rings is 1. The molecule has 1 N–H and O–H groups in total. The van der Waals surface area contributed by atoms with Crippen molar-refractivity contribution in [1.29, 1.82) is 0 Å². The minimum absolute atomic E-state index is 0.0691. The maximum Gasteiger partial charge on any atom is 0.249 e. The lowest BCUT2D eigenvalue weighted by atomic mass is 10.1. The van der Waals surface area contributed by atoms with Gasteiger partial charge in [0, 0.05) is 39.3 Å². The van der Waals surface area contributed by atoms with E-state index in [1.807, 2.05) is 6.07 Å². The predicted octanol–water partition coefficient (Wildman–Crippen LogP) is 2.42. The smallest absolute Gasteiger partial charge is 0.249 e. The lowest BCUT2D eigenvalue weighted by Gasteiger charge is -2.34. The first-order valence-corrected chi connectivity index (χ1v) is 9.65. The van der Waals surface area contributed by atoms with Crippen LogP contribution in [0.5, 0.6) is 0 Å². The second kappa shape index (κ2) is 11.1. The molecule has 0 aromatic heterocycles. The van der Waals surface area contributed by atoms with Gasteiger partial charge in [0.1, 0.15) is 6.10 Å². The summed E-state index contributed by atoms with van der Waals surface area (Å²) >= 11 is 0. The number of nitrogens with zero attached hydrogens (tertiary/aromatic N) is 2. The highest BCUT2D eigenvalue weighted by Crippen LogP contribution is 2.13. The Morgan fingerprint density at radius 3 is 2.54 bits per heavy atom. The number of nitrogens with one attached hydrogen (secondary N) is 1. The average molecular weight is 360 g/mol. The minimum Gasteiger partial charge on any atom is -0.368 e. The quantitative estimate of drug-likeness (QED) is 0.515. The largest absolute Gasteiger partial charge is 0.368 e. The van der Waals surface area contributed by atoms with Crippen LogP contribution in [0.25, 0.3) is 0 Å². The second-order valence-corrected chi connectivity index (χ2v) is 6.79. The maximum absolute atomic E-state index is 12.2. The van der Waals surface area contributed by atoms with Gasteiger partial charge in [-0.3, -0.25) is 9.69 Å². The third kappa shape index (κ3) is 6.56. The van der Waals surface area contributed by atoms with Crippen molar-refractivity contribution in [3.05, 3.63) is 48.0 Å². The summed E-state index contributed by atoms with van der Waals surface area (Å²) in [6, 6.07) is 8.37. The van der Waals surface area contributed by atoms with Gasteiger partial charge >= 0.3 is 0 Å². The molecule has 0 bridgehead atoms. The molecule has 1 atom stereocenters. The third-order valence-corrected chi connectivity index (χ3v) is 4.94. The van der Waals surface area contributed by atoms with Crippen LogP contribution in [0.15, 0.2) is 36.9 Å². The van der Waals surface area contributed by atoms with E-state index in [-0.39, 0.29) is 5.91 Å².